The van der Waals surface area contributed by atoms with Crippen LogP contribution >= 0.6 is 0 Å². The Labute approximate surface area is 143 Å². The number of para-hydroxylation sites is 1. The zero-order valence-corrected chi connectivity index (χ0v) is 13.3. The minimum atomic E-state index is -0.233. The monoisotopic (exact) mass is 332 g/mol. The molecule has 4 aromatic rings. The van der Waals surface area contributed by atoms with Gasteiger partial charge in [-0.25, -0.2) is 4.98 Å². The Morgan fingerprint density at radius 2 is 2.04 bits per heavy atom. The Hall–Kier alpha value is -3.61. The summed E-state index contributed by atoms with van der Waals surface area (Å²) >= 11 is 0. The molecule has 7 heteroatoms. The molecule has 0 saturated carbocycles. The van der Waals surface area contributed by atoms with E-state index in [0.717, 1.165) is 11.2 Å². The van der Waals surface area contributed by atoms with Crippen LogP contribution in [-0.4, -0.2) is 19.9 Å². The minimum Gasteiger partial charge on any atom is -0.397 e. The molecule has 124 valence electrons. The molecule has 3 heterocycles. The fourth-order valence-corrected chi connectivity index (χ4v) is 2.72. The van der Waals surface area contributed by atoms with E-state index in [9.17, 15) is 4.79 Å². The quantitative estimate of drug-likeness (QED) is 0.429. The number of pyridine rings is 2. The number of aromatic amines is 2. The van der Waals surface area contributed by atoms with Gasteiger partial charge in [0.15, 0.2) is 0 Å². The first-order chi connectivity index (χ1) is 12.2. The molecule has 7 nitrogen and oxygen atoms in total. The lowest BCUT2D eigenvalue weighted by atomic mass is 10.2. The van der Waals surface area contributed by atoms with E-state index in [1.54, 1.807) is 24.5 Å². The summed E-state index contributed by atoms with van der Waals surface area (Å²) in [5.74, 6) is 0.471. The number of rotatable bonds is 4. The number of fused-ring (bicyclic) bond motifs is 1. The number of nitrogens with zero attached hydrogens (tertiary/aromatic N) is 2. The lowest BCUT2D eigenvalue weighted by Crippen LogP contribution is -2.13. The number of hydrogen-bond acceptors (Lipinski definition) is 5. The van der Waals surface area contributed by atoms with Crippen molar-refractivity contribution in [3.63, 3.8) is 0 Å². The van der Waals surface area contributed by atoms with Gasteiger partial charge in [-0.05, 0) is 30.3 Å². The van der Waals surface area contributed by atoms with Gasteiger partial charge in [-0.1, -0.05) is 12.1 Å². The number of benzene rings is 1. The summed E-state index contributed by atoms with van der Waals surface area (Å²) in [6, 6.07) is 13.0. The summed E-state index contributed by atoms with van der Waals surface area (Å²) in [7, 11) is 0. The summed E-state index contributed by atoms with van der Waals surface area (Å²) in [6.07, 6.45) is 3.33. The van der Waals surface area contributed by atoms with Crippen LogP contribution in [0.4, 0.5) is 11.4 Å². The van der Waals surface area contributed by atoms with E-state index in [1.165, 1.54) is 0 Å². The molecule has 0 aliphatic heterocycles. The zero-order chi connectivity index (χ0) is 17.2. The van der Waals surface area contributed by atoms with Gasteiger partial charge in [0.1, 0.15) is 16.9 Å². The second kappa shape index (κ2) is 6.12. The van der Waals surface area contributed by atoms with Crippen molar-refractivity contribution in [2.75, 3.05) is 11.1 Å². The Morgan fingerprint density at radius 1 is 1.12 bits per heavy atom. The van der Waals surface area contributed by atoms with Crippen molar-refractivity contribution in [1.29, 1.82) is 0 Å². The van der Waals surface area contributed by atoms with Crippen molar-refractivity contribution < 1.29 is 0 Å². The van der Waals surface area contributed by atoms with Gasteiger partial charge in [-0.15, -0.1) is 0 Å². The number of nitrogen functional groups attached to an aromatic ring is 1. The molecule has 0 atom stereocenters. The molecule has 4 rings (SSSR count). The van der Waals surface area contributed by atoms with Crippen molar-refractivity contribution >= 4 is 22.4 Å². The van der Waals surface area contributed by atoms with Gasteiger partial charge in [-0.3, -0.25) is 9.78 Å². The molecular weight excluding hydrogens is 316 g/mol. The van der Waals surface area contributed by atoms with Crippen molar-refractivity contribution in [3.8, 4) is 11.4 Å². The minimum absolute atomic E-state index is 0.233. The van der Waals surface area contributed by atoms with E-state index in [4.69, 9.17) is 5.73 Å². The van der Waals surface area contributed by atoms with Crippen LogP contribution in [0, 0.1) is 0 Å². The van der Waals surface area contributed by atoms with Crippen LogP contribution in [0.5, 0.6) is 0 Å². The Morgan fingerprint density at radius 3 is 2.84 bits per heavy atom. The second-order valence-electron chi connectivity index (χ2n) is 5.60. The first kappa shape index (κ1) is 14.9. The lowest BCUT2D eigenvalue weighted by molar-refractivity contribution is 1.04. The van der Waals surface area contributed by atoms with Gasteiger partial charge in [0.25, 0.3) is 5.56 Å². The largest absolute Gasteiger partial charge is 0.397 e. The molecule has 0 saturated heterocycles. The summed E-state index contributed by atoms with van der Waals surface area (Å²) in [5, 5.41) is 3.25. The fraction of sp³-hybridized carbons (Fsp3) is 0.0556. The van der Waals surface area contributed by atoms with Crippen LogP contribution in [0.2, 0.25) is 0 Å². The van der Waals surface area contributed by atoms with Gasteiger partial charge in [0.2, 0.25) is 0 Å². The average molecular weight is 332 g/mol. The highest BCUT2D eigenvalue weighted by Gasteiger charge is 2.15. The summed E-state index contributed by atoms with van der Waals surface area (Å²) in [4.78, 5) is 27.0. The van der Waals surface area contributed by atoms with Crippen LogP contribution in [0.25, 0.3) is 22.4 Å². The number of nitrogens with two attached hydrogens (primary N) is 1. The molecule has 0 aliphatic rings. The van der Waals surface area contributed by atoms with E-state index >= 15 is 0 Å². The maximum Gasteiger partial charge on any atom is 0.261 e. The molecule has 0 amide bonds. The van der Waals surface area contributed by atoms with Gasteiger partial charge >= 0.3 is 0 Å². The SMILES string of the molecule is Nc1cccc2[nH]c(-c3c(NCc4ccccn4)cc[nH]c3=O)nc12. The van der Waals surface area contributed by atoms with E-state index in [2.05, 4.69) is 25.3 Å². The zero-order valence-electron chi connectivity index (χ0n) is 13.3. The van der Waals surface area contributed by atoms with Crippen molar-refractivity contribution in [2.45, 2.75) is 6.54 Å². The van der Waals surface area contributed by atoms with Crippen LogP contribution < -0.4 is 16.6 Å². The highest BCUT2D eigenvalue weighted by molar-refractivity contribution is 5.90. The van der Waals surface area contributed by atoms with Gasteiger partial charge in [0.05, 0.1) is 29.1 Å². The van der Waals surface area contributed by atoms with Crippen molar-refractivity contribution in [3.05, 3.63) is 70.9 Å². The molecule has 0 radical (unpaired) electrons. The van der Waals surface area contributed by atoms with Gasteiger partial charge < -0.3 is 21.0 Å². The maximum atomic E-state index is 12.4. The predicted octanol–water partition coefficient (Wildman–Crippen LogP) is 2.51. The standard InChI is InChI=1S/C18H16N6O/c19-12-5-3-6-14-16(12)24-17(23-14)15-13(7-9-21-18(15)25)22-10-11-4-1-2-8-20-11/h1-9H,10,19H2,(H,23,24)(H2,21,22,25). The average Bonchev–Trinajstić information content (AvgIpc) is 3.06. The number of imidazole rings is 1. The number of H-pyrrole nitrogens is 2. The van der Waals surface area contributed by atoms with Crippen molar-refractivity contribution in [2.24, 2.45) is 0 Å². The summed E-state index contributed by atoms with van der Waals surface area (Å²) in [6.45, 7) is 0.500. The summed E-state index contributed by atoms with van der Waals surface area (Å²) in [5.41, 5.74) is 9.72. The van der Waals surface area contributed by atoms with Crippen LogP contribution in [0.1, 0.15) is 5.69 Å². The first-order valence-corrected chi connectivity index (χ1v) is 7.82. The Bertz CT molecular complexity index is 1080. The fourth-order valence-electron chi connectivity index (χ4n) is 2.72. The van der Waals surface area contributed by atoms with Gasteiger partial charge in [0, 0.05) is 12.4 Å². The molecule has 25 heavy (non-hydrogen) atoms. The smallest absolute Gasteiger partial charge is 0.261 e. The van der Waals surface area contributed by atoms with Crippen LogP contribution in [0.15, 0.2) is 59.7 Å². The molecular formula is C18H16N6O. The number of hydrogen-bond donors (Lipinski definition) is 4. The number of nitrogens with one attached hydrogen (secondary N) is 3. The molecule has 0 bridgehead atoms. The van der Waals surface area contributed by atoms with Crippen molar-refractivity contribution in [1.82, 2.24) is 19.9 Å². The van der Waals surface area contributed by atoms with Crippen LogP contribution in [-0.2, 0) is 6.54 Å². The van der Waals surface area contributed by atoms with Crippen LogP contribution in [0.3, 0.4) is 0 Å². The summed E-state index contributed by atoms with van der Waals surface area (Å²) < 4.78 is 0. The lowest BCUT2D eigenvalue weighted by Gasteiger charge is -2.09. The molecule has 1 aromatic carbocycles. The highest BCUT2D eigenvalue weighted by Crippen LogP contribution is 2.26. The predicted molar refractivity (Wildman–Crippen MR) is 98.1 cm³/mol. The molecule has 3 aromatic heterocycles. The number of anilines is 2. The van der Waals surface area contributed by atoms with Gasteiger partial charge in [-0.2, -0.15) is 0 Å². The first-order valence-electron chi connectivity index (χ1n) is 7.82. The second-order valence-corrected chi connectivity index (χ2v) is 5.60. The molecule has 5 N–H and O–H groups in total. The van der Waals surface area contributed by atoms with E-state index in [0.29, 0.717) is 34.8 Å². The molecule has 0 fully saturated rings. The number of aromatic nitrogens is 4. The maximum absolute atomic E-state index is 12.4. The molecule has 0 spiro atoms. The molecule has 0 aliphatic carbocycles. The highest BCUT2D eigenvalue weighted by atomic mass is 16.1. The Balaban J connectivity index is 1.75. The third-order valence-electron chi connectivity index (χ3n) is 3.93. The molecule has 0 unspecified atom stereocenters. The third-order valence-corrected chi connectivity index (χ3v) is 3.93. The van der Waals surface area contributed by atoms with E-state index in [1.807, 2.05) is 30.3 Å². The Kier molecular flexibility index (Phi) is 3.66. The van der Waals surface area contributed by atoms with E-state index in [-0.39, 0.29) is 5.56 Å². The van der Waals surface area contributed by atoms with E-state index < -0.39 is 0 Å². The third kappa shape index (κ3) is 2.83. The topological polar surface area (TPSA) is 112 Å². The normalized spacial score (nSPS) is 10.9.